The SMILES string of the molecule is CC(C)(C)CCOCc1ccccc1N. The van der Waals surface area contributed by atoms with E-state index in [1.807, 2.05) is 24.3 Å². The lowest BCUT2D eigenvalue weighted by Crippen LogP contribution is -2.09. The van der Waals surface area contributed by atoms with Crippen LogP contribution in [0.1, 0.15) is 32.8 Å². The molecule has 0 spiro atoms. The van der Waals surface area contributed by atoms with Crippen LogP contribution in [0.2, 0.25) is 0 Å². The Morgan fingerprint density at radius 1 is 1.20 bits per heavy atom. The molecule has 2 heteroatoms. The second-order valence-corrected chi connectivity index (χ2v) is 5.06. The van der Waals surface area contributed by atoms with Crippen molar-refractivity contribution in [1.29, 1.82) is 0 Å². The fraction of sp³-hybridized carbons (Fsp3) is 0.538. The molecule has 2 N–H and O–H groups in total. The first-order valence-corrected chi connectivity index (χ1v) is 5.40. The maximum Gasteiger partial charge on any atom is 0.0736 e. The first kappa shape index (κ1) is 12.1. The van der Waals surface area contributed by atoms with Crippen LogP contribution in [0.25, 0.3) is 0 Å². The minimum absolute atomic E-state index is 0.336. The van der Waals surface area contributed by atoms with Crippen LogP contribution in [-0.2, 0) is 11.3 Å². The summed E-state index contributed by atoms with van der Waals surface area (Å²) in [5, 5.41) is 0. The summed E-state index contributed by atoms with van der Waals surface area (Å²) in [7, 11) is 0. The highest BCUT2D eigenvalue weighted by Gasteiger charge is 2.09. The lowest BCUT2D eigenvalue weighted by atomic mass is 9.93. The quantitative estimate of drug-likeness (QED) is 0.607. The molecule has 1 aromatic carbocycles. The first-order valence-electron chi connectivity index (χ1n) is 5.40. The first-order chi connectivity index (χ1) is 6.99. The highest BCUT2D eigenvalue weighted by atomic mass is 16.5. The van der Waals surface area contributed by atoms with Gasteiger partial charge in [0.05, 0.1) is 6.61 Å². The van der Waals surface area contributed by atoms with Gasteiger partial charge in [0.2, 0.25) is 0 Å². The van der Waals surface area contributed by atoms with Gasteiger partial charge in [-0.2, -0.15) is 0 Å². The Bertz CT molecular complexity index is 302. The molecule has 0 atom stereocenters. The molecule has 0 fully saturated rings. The van der Waals surface area contributed by atoms with E-state index < -0.39 is 0 Å². The highest BCUT2D eigenvalue weighted by molar-refractivity contribution is 5.45. The highest BCUT2D eigenvalue weighted by Crippen LogP contribution is 2.19. The van der Waals surface area contributed by atoms with Gasteiger partial charge in [0, 0.05) is 17.9 Å². The van der Waals surface area contributed by atoms with Crippen LogP contribution in [0.5, 0.6) is 0 Å². The molecule has 0 aliphatic rings. The molecule has 0 amide bonds. The average molecular weight is 207 g/mol. The van der Waals surface area contributed by atoms with Crippen molar-refractivity contribution >= 4 is 5.69 Å². The van der Waals surface area contributed by atoms with Crippen molar-refractivity contribution in [2.75, 3.05) is 12.3 Å². The van der Waals surface area contributed by atoms with E-state index in [-0.39, 0.29) is 0 Å². The molecule has 15 heavy (non-hydrogen) atoms. The van der Waals surface area contributed by atoms with E-state index in [9.17, 15) is 0 Å². The Labute approximate surface area is 92.4 Å². The van der Waals surface area contributed by atoms with Crippen LogP contribution in [0.4, 0.5) is 5.69 Å². The zero-order chi connectivity index (χ0) is 11.3. The molecule has 2 nitrogen and oxygen atoms in total. The monoisotopic (exact) mass is 207 g/mol. The average Bonchev–Trinajstić information content (AvgIpc) is 2.13. The van der Waals surface area contributed by atoms with Gasteiger partial charge in [-0.25, -0.2) is 0 Å². The Kier molecular flexibility index (Phi) is 4.15. The van der Waals surface area contributed by atoms with Crippen LogP contribution in [0.3, 0.4) is 0 Å². The van der Waals surface area contributed by atoms with E-state index in [1.165, 1.54) is 0 Å². The van der Waals surface area contributed by atoms with E-state index in [0.717, 1.165) is 24.3 Å². The molecule has 0 unspecified atom stereocenters. The second kappa shape index (κ2) is 5.17. The number of hydrogen-bond donors (Lipinski definition) is 1. The fourth-order valence-electron chi connectivity index (χ4n) is 1.23. The van der Waals surface area contributed by atoms with E-state index in [2.05, 4.69) is 20.8 Å². The predicted octanol–water partition coefficient (Wildman–Crippen LogP) is 3.22. The van der Waals surface area contributed by atoms with Gasteiger partial charge in [-0.05, 0) is 17.9 Å². The Morgan fingerprint density at radius 3 is 2.47 bits per heavy atom. The van der Waals surface area contributed by atoms with Gasteiger partial charge in [0.25, 0.3) is 0 Å². The molecule has 0 saturated carbocycles. The number of nitrogen functional groups attached to an aromatic ring is 1. The minimum atomic E-state index is 0.336. The van der Waals surface area contributed by atoms with Crippen molar-refractivity contribution in [1.82, 2.24) is 0 Å². The van der Waals surface area contributed by atoms with E-state index in [0.29, 0.717) is 12.0 Å². The van der Waals surface area contributed by atoms with Gasteiger partial charge in [-0.1, -0.05) is 39.0 Å². The summed E-state index contributed by atoms with van der Waals surface area (Å²) in [6.45, 7) is 8.05. The van der Waals surface area contributed by atoms with Gasteiger partial charge in [0.1, 0.15) is 0 Å². The van der Waals surface area contributed by atoms with Crippen LogP contribution in [-0.4, -0.2) is 6.61 Å². The third kappa shape index (κ3) is 4.84. The molecule has 1 rings (SSSR count). The van der Waals surface area contributed by atoms with Gasteiger partial charge in [-0.3, -0.25) is 0 Å². The number of para-hydroxylation sites is 1. The largest absolute Gasteiger partial charge is 0.398 e. The zero-order valence-electron chi connectivity index (χ0n) is 9.92. The van der Waals surface area contributed by atoms with Gasteiger partial charge < -0.3 is 10.5 Å². The summed E-state index contributed by atoms with van der Waals surface area (Å²) in [6, 6.07) is 7.83. The molecule has 0 radical (unpaired) electrons. The zero-order valence-corrected chi connectivity index (χ0v) is 9.92. The lowest BCUT2D eigenvalue weighted by molar-refractivity contribution is 0.0966. The third-order valence-electron chi connectivity index (χ3n) is 2.31. The van der Waals surface area contributed by atoms with E-state index in [1.54, 1.807) is 0 Å². The Balaban J connectivity index is 2.30. The molecule has 0 heterocycles. The Morgan fingerprint density at radius 2 is 1.87 bits per heavy atom. The molecule has 0 saturated heterocycles. The normalized spacial score (nSPS) is 11.7. The van der Waals surface area contributed by atoms with Crippen molar-refractivity contribution in [2.24, 2.45) is 5.41 Å². The molecule has 0 aliphatic heterocycles. The number of anilines is 1. The molecule has 84 valence electrons. The maximum absolute atomic E-state index is 5.81. The third-order valence-corrected chi connectivity index (χ3v) is 2.31. The minimum Gasteiger partial charge on any atom is -0.398 e. The van der Waals surface area contributed by atoms with Crippen LogP contribution in [0.15, 0.2) is 24.3 Å². The van der Waals surface area contributed by atoms with Gasteiger partial charge in [-0.15, -0.1) is 0 Å². The van der Waals surface area contributed by atoms with E-state index >= 15 is 0 Å². The number of ether oxygens (including phenoxy) is 1. The number of benzene rings is 1. The van der Waals surface area contributed by atoms with Crippen LogP contribution < -0.4 is 5.73 Å². The summed E-state index contributed by atoms with van der Waals surface area (Å²) in [4.78, 5) is 0. The van der Waals surface area contributed by atoms with Crippen molar-refractivity contribution in [2.45, 2.75) is 33.8 Å². The topological polar surface area (TPSA) is 35.2 Å². The number of hydrogen-bond acceptors (Lipinski definition) is 2. The molecule has 0 aromatic heterocycles. The molecule has 1 aromatic rings. The molecular formula is C13H21NO. The number of nitrogens with two attached hydrogens (primary N) is 1. The lowest BCUT2D eigenvalue weighted by Gasteiger charge is -2.17. The van der Waals surface area contributed by atoms with Gasteiger partial charge in [0.15, 0.2) is 0 Å². The van der Waals surface area contributed by atoms with Crippen molar-refractivity contribution < 1.29 is 4.74 Å². The molecular weight excluding hydrogens is 186 g/mol. The van der Waals surface area contributed by atoms with Crippen LogP contribution in [0, 0.1) is 5.41 Å². The molecule has 0 aliphatic carbocycles. The summed E-state index contributed by atoms with van der Waals surface area (Å²) in [6.07, 6.45) is 1.07. The van der Waals surface area contributed by atoms with E-state index in [4.69, 9.17) is 10.5 Å². The summed E-state index contributed by atoms with van der Waals surface area (Å²) in [5.41, 5.74) is 8.03. The van der Waals surface area contributed by atoms with Crippen molar-refractivity contribution in [3.8, 4) is 0 Å². The summed E-state index contributed by atoms with van der Waals surface area (Å²) in [5.74, 6) is 0. The summed E-state index contributed by atoms with van der Waals surface area (Å²) < 4.78 is 5.60. The number of rotatable bonds is 4. The standard InChI is InChI=1S/C13H21NO/c1-13(2,3)8-9-15-10-11-6-4-5-7-12(11)14/h4-7H,8-10,14H2,1-3H3. The second-order valence-electron chi connectivity index (χ2n) is 5.06. The fourth-order valence-corrected chi connectivity index (χ4v) is 1.23. The summed E-state index contributed by atoms with van der Waals surface area (Å²) >= 11 is 0. The smallest absolute Gasteiger partial charge is 0.0736 e. The predicted molar refractivity (Wildman–Crippen MR) is 64.6 cm³/mol. The maximum atomic E-state index is 5.81. The van der Waals surface area contributed by atoms with Crippen LogP contribution >= 0.6 is 0 Å². The van der Waals surface area contributed by atoms with Crippen molar-refractivity contribution in [3.05, 3.63) is 29.8 Å². The van der Waals surface area contributed by atoms with Gasteiger partial charge >= 0.3 is 0 Å². The Hall–Kier alpha value is -1.02. The molecule has 0 bridgehead atoms. The van der Waals surface area contributed by atoms with Crippen molar-refractivity contribution in [3.63, 3.8) is 0 Å².